The highest BCUT2D eigenvalue weighted by Gasteiger charge is 2.33. The topological polar surface area (TPSA) is 65.6 Å². The second-order valence-corrected chi connectivity index (χ2v) is 10.9. The van der Waals surface area contributed by atoms with Crippen molar-refractivity contribution in [3.63, 3.8) is 0 Å². The fourth-order valence-electron chi connectivity index (χ4n) is 4.85. The number of nitrogens with zero attached hydrogens (tertiary/aromatic N) is 3. The normalized spacial score (nSPS) is 15.4. The van der Waals surface area contributed by atoms with Gasteiger partial charge in [0.1, 0.15) is 5.82 Å². The quantitative estimate of drug-likeness (QED) is 0.285. The first-order valence-electron chi connectivity index (χ1n) is 12.2. The first kappa shape index (κ1) is 27.1. The summed E-state index contributed by atoms with van der Waals surface area (Å²) in [4.78, 5) is 31.9. The smallest absolute Gasteiger partial charge is 0.338 e. The van der Waals surface area contributed by atoms with E-state index in [1.165, 1.54) is 28.0 Å². The van der Waals surface area contributed by atoms with Crippen LogP contribution in [0.15, 0.2) is 69.6 Å². The van der Waals surface area contributed by atoms with Gasteiger partial charge >= 0.3 is 5.97 Å². The number of carbonyl (C=O) groups is 1. The molecular weight excluding hydrogens is 560 g/mol. The number of esters is 1. The third kappa shape index (κ3) is 4.88. The Hall–Kier alpha value is -3.46. The van der Waals surface area contributed by atoms with E-state index < -0.39 is 17.8 Å². The molecule has 1 aliphatic rings. The van der Waals surface area contributed by atoms with Crippen molar-refractivity contribution in [2.45, 2.75) is 33.7 Å². The van der Waals surface area contributed by atoms with Gasteiger partial charge in [-0.05, 0) is 81.3 Å². The van der Waals surface area contributed by atoms with E-state index in [-0.39, 0.29) is 17.7 Å². The van der Waals surface area contributed by atoms with Crippen LogP contribution in [0.5, 0.6) is 0 Å². The molecular formula is C29H24Cl2FN3O3S. The Morgan fingerprint density at radius 3 is 2.49 bits per heavy atom. The highest BCUT2D eigenvalue weighted by Crippen LogP contribution is 2.31. The van der Waals surface area contributed by atoms with Gasteiger partial charge in [0, 0.05) is 17.1 Å². The lowest BCUT2D eigenvalue weighted by Gasteiger charge is -2.24. The molecule has 0 spiro atoms. The molecule has 4 aromatic rings. The van der Waals surface area contributed by atoms with Gasteiger partial charge in [0.2, 0.25) is 0 Å². The molecule has 6 nitrogen and oxygen atoms in total. The molecule has 0 fully saturated rings. The highest BCUT2D eigenvalue weighted by atomic mass is 35.5. The number of hydrogen-bond donors (Lipinski definition) is 0. The highest BCUT2D eigenvalue weighted by molar-refractivity contribution is 7.07. The van der Waals surface area contributed by atoms with Crippen LogP contribution in [-0.2, 0) is 9.53 Å². The van der Waals surface area contributed by atoms with Crippen LogP contribution in [0.1, 0.15) is 42.4 Å². The van der Waals surface area contributed by atoms with Crippen molar-refractivity contribution in [2.24, 2.45) is 4.99 Å². The predicted molar refractivity (Wildman–Crippen MR) is 152 cm³/mol. The number of aryl methyl sites for hydroxylation is 1. The molecule has 0 bridgehead atoms. The van der Waals surface area contributed by atoms with E-state index in [1.54, 1.807) is 38.1 Å². The number of halogens is 3. The first-order valence-corrected chi connectivity index (χ1v) is 13.8. The van der Waals surface area contributed by atoms with Crippen molar-refractivity contribution in [3.05, 3.63) is 118 Å². The van der Waals surface area contributed by atoms with Gasteiger partial charge in [0.05, 0.1) is 38.5 Å². The Labute approximate surface area is 237 Å². The molecule has 3 heterocycles. The Bertz CT molecular complexity index is 1830. The van der Waals surface area contributed by atoms with Gasteiger partial charge in [0.15, 0.2) is 4.80 Å². The monoisotopic (exact) mass is 583 g/mol. The maximum Gasteiger partial charge on any atom is 0.338 e. The molecule has 39 heavy (non-hydrogen) atoms. The van der Waals surface area contributed by atoms with Gasteiger partial charge < -0.3 is 9.30 Å². The number of ether oxygens (including phenoxy) is 1. The molecule has 0 saturated heterocycles. The van der Waals surface area contributed by atoms with Crippen molar-refractivity contribution in [2.75, 3.05) is 6.61 Å². The van der Waals surface area contributed by atoms with Crippen molar-refractivity contribution in [3.8, 4) is 5.69 Å². The summed E-state index contributed by atoms with van der Waals surface area (Å²) in [6, 6.07) is 12.4. The summed E-state index contributed by atoms with van der Waals surface area (Å²) in [7, 11) is 0. The minimum atomic E-state index is -0.799. The van der Waals surface area contributed by atoms with Crippen LogP contribution < -0.4 is 14.9 Å². The first-order chi connectivity index (χ1) is 18.6. The number of aromatic nitrogens is 2. The summed E-state index contributed by atoms with van der Waals surface area (Å²) in [5.41, 5.74) is 4.55. The van der Waals surface area contributed by atoms with Gasteiger partial charge in [0.25, 0.3) is 5.56 Å². The number of benzene rings is 2. The number of carbonyl (C=O) groups excluding carboxylic acids is 1. The van der Waals surface area contributed by atoms with Gasteiger partial charge in [-0.25, -0.2) is 14.2 Å². The Kier molecular flexibility index (Phi) is 7.37. The molecule has 0 N–H and O–H groups in total. The minimum Gasteiger partial charge on any atom is -0.463 e. The van der Waals surface area contributed by atoms with Gasteiger partial charge in [-0.1, -0.05) is 46.7 Å². The van der Waals surface area contributed by atoms with E-state index in [1.807, 2.05) is 36.6 Å². The second kappa shape index (κ2) is 10.6. The molecule has 0 amide bonds. The molecule has 1 aliphatic heterocycles. The van der Waals surface area contributed by atoms with Crippen LogP contribution in [-0.4, -0.2) is 21.7 Å². The summed E-state index contributed by atoms with van der Waals surface area (Å²) in [6.45, 7) is 7.53. The van der Waals surface area contributed by atoms with Crippen molar-refractivity contribution in [1.29, 1.82) is 0 Å². The zero-order valence-corrected chi connectivity index (χ0v) is 23.9. The van der Waals surface area contributed by atoms with Crippen LogP contribution in [0, 0.1) is 19.7 Å². The number of thiazole rings is 1. The maximum absolute atomic E-state index is 13.9. The fraction of sp³-hybridized carbons (Fsp3) is 0.207. The summed E-state index contributed by atoms with van der Waals surface area (Å²) in [5, 5.41) is 0.919. The molecule has 0 radical (unpaired) electrons. The molecule has 2 aromatic heterocycles. The Balaban J connectivity index is 1.68. The summed E-state index contributed by atoms with van der Waals surface area (Å²) in [5.74, 6) is -0.977. The zero-order valence-electron chi connectivity index (χ0n) is 21.6. The third-order valence-electron chi connectivity index (χ3n) is 6.62. The SMILES string of the molecule is CCOC(=O)C1=C(C)N=c2s/c(=C\c3cc(C)n(-c4ccc(Cl)c(Cl)c4)c3C)c(=O)n2C1c1ccc(F)cc1. The number of hydrogen-bond acceptors (Lipinski definition) is 5. The van der Waals surface area contributed by atoms with Crippen molar-refractivity contribution in [1.82, 2.24) is 9.13 Å². The number of rotatable bonds is 5. The minimum absolute atomic E-state index is 0.171. The predicted octanol–water partition coefficient (Wildman–Crippen LogP) is 5.65. The summed E-state index contributed by atoms with van der Waals surface area (Å²) >= 11 is 13.6. The summed E-state index contributed by atoms with van der Waals surface area (Å²) < 4.78 is 23.0. The molecule has 0 saturated carbocycles. The van der Waals surface area contributed by atoms with Gasteiger partial charge in [-0.2, -0.15) is 0 Å². The lowest BCUT2D eigenvalue weighted by molar-refractivity contribution is -0.139. The van der Waals surface area contributed by atoms with Crippen LogP contribution in [0.2, 0.25) is 10.0 Å². The molecule has 1 unspecified atom stereocenters. The molecule has 1 atom stereocenters. The van der Waals surface area contributed by atoms with Crippen LogP contribution in [0.25, 0.3) is 11.8 Å². The third-order valence-corrected chi connectivity index (χ3v) is 8.34. The van der Waals surface area contributed by atoms with E-state index >= 15 is 0 Å². The number of fused-ring (bicyclic) bond motifs is 1. The molecule has 5 rings (SSSR count). The molecule has 2 aromatic carbocycles. The lowest BCUT2D eigenvalue weighted by atomic mass is 9.96. The van der Waals surface area contributed by atoms with Crippen LogP contribution in [0.4, 0.5) is 4.39 Å². The average molecular weight is 585 g/mol. The number of allylic oxidation sites excluding steroid dienone is 1. The van der Waals surface area contributed by atoms with E-state index in [2.05, 4.69) is 4.99 Å². The maximum atomic E-state index is 13.9. The zero-order chi connectivity index (χ0) is 28.0. The molecule has 200 valence electrons. The van der Waals surface area contributed by atoms with Crippen LogP contribution in [0.3, 0.4) is 0 Å². The van der Waals surface area contributed by atoms with E-state index in [9.17, 15) is 14.0 Å². The van der Waals surface area contributed by atoms with Crippen LogP contribution >= 0.6 is 34.5 Å². The van der Waals surface area contributed by atoms with Gasteiger partial charge in [-0.15, -0.1) is 0 Å². The summed E-state index contributed by atoms with van der Waals surface area (Å²) in [6.07, 6.45) is 1.82. The molecule has 0 aliphatic carbocycles. The average Bonchev–Trinajstić information content (AvgIpc) is 3.35. The molecule has 10 heteroatoms. The van der Waals surface area contributed by atoms with E-state index in [4.69, 9.17) is 27.9 Å². The van der Waals surface area contributed by atoms with Crippen molar-refractivity contribution >= 4 is 46.6 Å². The van der Waals surface area contributed by atoms with E-state index in [0.29, 0.717) is 30.6 Å². The standard InChI is InChI=1S/C29H24Cl2FN3O3S/c1-5-38-28(37)25-16(3)33-29-35(26(25)18-6-8-20(32)9-7-18)27(36)24(39-29)13-19-12-15(2)34(17(19)4)21-10-11-22(30)23(31)14-21/h6-14,26H,5H2,1-4H3/b24-13-. The van der Waals surface area contributed by atoms with E-state index in [0.717, 1.165) is 22.6 Å². The largest absolute Gasteiger partial charge is 0.463 e. The van der Waals surface area contributed by atoms with Crippen molar-refractivity contribution < 1.29 is 13.9 Å². The second-order valence-electron chi connectivity index (χ2n) is 9.11. The Morgan fingerprint density at radius 2 is 1.82 bits per heavy atom. The fourth-order valence-corrected chi connectivity index (χ4v) is 6.18. The van der Waals surface area contributed by atoms with Gasteiger partial charge in [-0.3, -0.25) is 9.36 Å². The lowest BCUT2D eigenvalue weighted by Crippen LogP contribution is -2.39. The Morgan fingerprint density at radius 1 is 1.10 bits per heavy atom.